The molecule has 1 N–H and O–H groups in total. The standard InChI is InChI=1S/C15H13BrClNOS2/c1-18-14(13-7-12-11(21-13)3-4-20-12)9-5-8(17)6-10(16)15(9)19-2/h3-7,14,18H,1-2H3. The Morgan fingerprint density at radius 1 is 1.29 bits per heavy atom. The van der Waals surface area contributed by atoms with Gasteiger partial charge in [0, 0.05) is 24.9 Å². The Hall–Kier alpha value is -0.590. The number of hydrogen-bond donors (Lipinski definition) is 1. The summed E-state index contributed by atoms with van der Waals surface area (Å²) in [5.74, 6) is 0.815. The molecule has 0 aliphatic carbocycles. The third-order valence-electron chi connectivity index (χ3n) is 3.28. The molecule has 1 unspecified atom stereocenters. The van der Waals surface area contributed by atoms with Gasteiger partial charge in [-0.25, -0.2) is 0 Å². The molecule has 2 nitrogen and oxygen atoms in total. The van der Waals surface area contributed by atoms with E-state index in [1.165, 1.54) is 14.3 Å². The van der Waals surface area contributed by atoms with E-state index in [9.17, 15) is 0 Å². The molecule has 0 amide bonds. The summed E-state index contributed by atoms with van der Waals surface area (Å²) < 4.78 is 9.05. The minimum Gasteiger partial charge on any atom is -0.495 e. The van der Waals surface area contributed by atoms with Gasteiger partial charge in [-0.15, -0.1) is 22.7 Å². The van der Waals surface area contributed by atoms with Crippen LogP contribution in [0.15, 0.2) is 34.1 Å². The van der Waals surface area contributed by atoms with Crippen molar-refractivity contribution >= 4 is 59.6 Å². The summed E-state index contributed by atoms with van der Waals surface area (Å²) in [5, 5.41) is 6.18. The van der Waals surface area contributed by atoms with E-state index in [1.807, 2.05) is 19.2 Å². The van der Waals surface area contributed by atoms with Crippen LogP contribution in [-0.4, -0.2) is 14.2 Å². The molecule has 0 radical (unpaired) electrons. The number of fused-ring (bicyclic) bond motifs is 1. The van der Waals surface area contributed by atoms with Crippen LogP contribution in [0, 0.1) is 0 Å². The maximum atomic E-state index is 6.22. The third kappa shape index (κ3) is 2.85. The first-order valence-corrected chi connectivity index (χ1v) is 9.18. The number of nitrogens with one attached hydrogen (secondary N) is 1. The Morgan fingerprint density at radius 2 is 2.10 bits per heavy atom. The molecule has 0 aliphatic rings. The van der Waals surface area contributed by atoms with Crippen molar-refractivity contribution in [3.8, 4) is 5.75 Å². The summed E-state index contributed by atoms with van der Waals surface area (Å²) in [7, 11) is 3.63. The van der Waals surface area contributed by atoms with Gasteiger partial charge < -0.3 is 10.1 Å². The molecular weight excluding hydrogens is 390 g/mol. The Balaban J connectivity index is 2.13. The summed E-state index contributed by atoms with van der Waals surface area (Å²) in [4.78, 5) is 1.26. The molecule has 3 rings (SSSR count). The molecule has 3 aromatic rings. The summed E-state index contributed by atoms with van der Waals surface area (Å²) in [5.41, 5.74) is 1.04. The van der Waals surface area contributed by atoms with Crippen LogP contribution in [0.1, 0.15) is 16.5 Å². The van der Waals surface area contributed by atoms with E-state index in [2.05, 4.69) is 38.8 Å². The van der Waals surface area contributed by atoms with E-state index in [1.54, 1.807) is 29.8 Å². The van der Waals surface area contributed by atoms with Gasteiger partial charge in [0.05, 0.1) is 17.6 Å². The van der Waals surface area contributed by atoms with Crippen LogP contribution in [0.3, 0.4) is 0 Å². The van der Waals surface area contributed by atoms with Crippen molar-refractivity contribution in [2.24, 2.45) is 0 Å². The number of methoxy groups -OCH3 is 1. The molecule has 2 aromatic heterocycles. The predicted octanol–water partition coefficient (Wildman–Crippen LogP) is 5.70. The lowest BCUT2D eigenvalue weighted by Crippen LogP contribution is -2.17. The number of hydrogen-bond acceptors (Lipinski definition) is 4. The van der Waals surface area contributed by atoms with Gasteiger partial charge in [-0.2, -0.15) is 0 Å². The number of rotatable bonds is 4. The molecule has 1 aromatic carbocycles. The van der Waals surface area contributed by atoms with Crippen LogP contribution in [0.5, 0.6) is 5.75 Å². The first-order chi connectivity index (χ1) is 10.1. The van der Waals surface area contributed by atoms with Gasteiger partial charge >= 0.3 is 0 Å². The summed E-state index contributed by atoms with van der Waals surface area (Å²) >= 11 is 13.3. The van der Waals surface area contributed by atoms with Crippen LogP contribution in [0.4, 0.5) is 0 Å². The Kier molecular flexibility index (Phi) is 4.57. The van der Waals surface area contributed by atoms with Gasteiger partial charge in [-0.3, -0.25) is 0 Å². The zero-order valence-electron chi connectivity index (χ0n) is 11.4. The SMILES string of the molecule is CNC(c1cc2sccc2s1)c1cc(Cl)cc(Br)c1OC. The zero-order chi connectivity index (χ0) is 15.0. The van der Waals surface area contributed by atoms with Gasteiger partial charge in [0.2, 0.25) is 0 Å². The number of halogens is 2. The van der Waals surface area contributed by atoms with E-state index in [4.69, 9.17) is 16.3 Å². The Morgan fingerprint density at radius 3 is 2.76 bits per heavy atom. The predicted molar refractivity (Wildman–Crippen MR) is 96.3 cm³/mol. The average molecular weight is 403 g/mol. The minimum atomic E-state index is 0.0551. The van der Waals surface area contributed by atoms with E-state index < -0.39 is 0 Å². The third-order valence-corrected chi connectivity index (χ3v) is 6.25. The van der Waals surface area contributed by atoms with Crippen molar-refractivity contribution in [1.82, 2.24) is 5.32 Å². The van der Waals surface area contributed by atoms with Gasteiger partial charge in [-0.05, 0) is 52.6 Å². The van der Waals surface area contributed by atoms with Gasteiger partial charge in [0.25, 0.3) is 0 Å². The van der Waals surface area contributed by atoms with Crippen molar-refractivity contribution < 1.29 is 4.74 Å². The first kappa shape index (κ1) is 15.3. The molecule has 0 saturated carbocycles. The van der Waals surface area contributed by atoms with Crippen LogP contribution < -0.4 is 10.1 Å². The van der Waals surface area contributed by atoms with Crippen LogP contribution in [0.25, 0.3) is 9.40 Å². The van der Waals surface area contributed by atoms with Crippen molar-refractivity contribution in [3.63, 3.8) is 0 Å². The fourth-order valence-electron chi connectivity index (χ4n) is 2.39. The van der Waals surface area contributed by atoms with E-state index in [-0.39, 0.29) is 6.04 Å². The second-order valence-electron chi connectivity index (χ2n) is 4.53. The monoisotopic (exact) mass is 401 g/mol. The van der Waals surface area contributed by atoms with E-state index in [0.717, 1.165) is 15.8 Å². The lowest BCUT2D eigenvalue weighted by Gasteiger charge is -2.19. The highest BCUT2D eigenvalue weighted by atomic mass is 79.9. The Labute approximate surface area is 144 Å². The van der Waals surface area contributed by atoms with Gasteiger partial charge in [-0.1, -0.05) is 11.6 Å². The number of ether oxygens (including phenoxy) is 1. The lowest BCUT2D eigenvalue weighted by atomic mass is 10.0. The topological polar surface area (TPSA) is 21.3 Å². The second kappa shape index (κ2) is 6.26. The van der Waals surface area contributed by atoms with E-state index >= 15 is 0 Å². The molecule has 110 valence electrons. The normalized spacial score (nSPS) is 12.8. The molecule has 0 spiro atoms. The highest BCUT2D eigenvalue weighted by Gasteiger charge is 2.21. The summed E-state index contributed by atoms with van der Waals surface area (Å²) in [6.07, 6.45) is 0. The summed E-state index contributed by atoms with van der Waals surface area (Å²) in [6, 6.07) is 8.26. The fraction of sp³-hybridized carbons (Fsp3) is 0.200. The van der Waals surface area contributed by atoms with Gasteiger partial charge in [0.15, 0.2) is 0 Å². The van der Waals surface area contributed by atoms with Crippen molar-refractivity contribution in [2.75, 3.05) is 14.2 Å². The lowest BCUT2D eigenvalue weighted by molar-refractivity contribution is 0.403. The molecule has 0 fully saturated rings. The van der Waals surface area contributed by atoms with Crippen LogP contribution in [0.2, 0.25) is 5.02 Å². The smallest absolute Gasteiger partial charge is 0.138 e. The highest BCUT2D eigenvalue weighted by Crippen LogP contribution is 2.41. The van der Waals surface area contributed by atoms with Gasteiger partial charge in [0.1, 0.15) is 5.75 Å². The molecule has 0 saturated heterocycles. The second-order valence-corrected chi connectivity index (χ2v) is 7.88. The van der Waals surface area contributed by atoms with Crippen molar-refractivity contribution in [2.45, 2.75) is 6.04 Å². The molecule has 1 atom stereocenters. The van der Waals surface area contributed by atoms with Crippen LogP contribution in [-0.2, 0) is 0 Å². The molecule has 21 heavy (non-hydrogen) atoms. The Bertz CT molecular complexity index is 755. The quantitative estimate of drug-likeness (QED) is 0.604. The van der Waals surface area contributed by atoms with Crippen molar-refractivity contribution in [3.05, 3.63) is 49.6 Å². The molecule has 0 aliphatic heterocycles. The first-order valence-electron chi connectivity index (χ1n) is 6.31. The molecular formula is C15H13BrClNOS2. The minimum absolute atomic E-state index is 0.0551. The van der Waals surface area contributed by atoms with Crippen molar-refractivity contribution in [1.29, 1.82) is 0 Å². The zero-order valence-corrected chi connectivity index (χ0v) is 15.4. The number of benzene rings is 1. The van der Waals surface area contributed by atoms with Crippen LogP contribution >= 0.6 is 50.2 Å². The molecule has 6 heteroatoms. The average Bonchev–Trinajstić information content (AvgIpc) is 3.00. The molecule has 0 bridgehead atoms. The highest BCUT2D eigenvalue weighted by molar-refractivity contribution is 9.10. The largest absolute Gasteiger partial charge is 0.495 e. The summed E-state index contributed by atoms with van der Waals surface area (Å²) in [6.45, 7) is 0. The fourth-order valence-corrected chi connectivity index (χ4v) is 5.63. The maximum Gasteiger partial charge on any atom is 0.138 e. The maximum absolute atomic E-state index is 6.22. The molecule has 2 heterocycles. The number of thiophene rings is 2. The van der Waals surface area contributed by atoms with E-state index in [0.29, 0.717) is 5.02 Å².